The lowest BCUT2D eigenvalue weighted by Crippen LogP contribution is -2.35. The largest absolute Gasteiger partial charge is 0.273 e. The van der Waals surface area contributed by atoms with Crippen LogP contribution in [-0.2, 0) is 4.79 Å². The average molecular weight is 206 g/mol. The molecule has 1 N–H and O–H groups in total. The van der Waals surface area contributed by atoms with E-state index in [-0.39, 0.29) is 5.91 Å². The van der Waals surface area contributed by atoms with Gasteiger partial charge in [0.15, 0.2) is 0 Å². The Bertz CT molecular complexity index is 318. The molecule has 0 aromatic rings. The maximum atomic E-state index is 11.4. The van der Waals surface area contributed by atoms with Crippen molar-refractivity contribution in [1.82, 2.24) is 5.43 Å². The third-order valence-corrected chi connectivity index (χ3v) is 3.08. The molecule has 1 fully saturated rings. The molecule has 0 saturated heterocycles. The fraction of sp³-hybridized carbons (Fsp3) is 0.667. The highest BCUT2D eigenvalue weighted by Gasteiger charge is 2.37. The van der Waals surface area contributed by atoms with Crippen LogP contribution in [0, 0.1) is 17.8 Å². The first-order chi connectivity index (χ1) is 7.16. The van der Waals surface area contributed by atoms with Crippen molar-refractivity contribution in [1.29, 1.82) is 0 Å². The van der Waals surface area contributed by atoms with Crippen LogP contribution < -0.4 is 5.43 Å². The van der Waals surface area contributed by atoms with Gasteiger partial charge in [0, 0.05) is 18.1 Å². The molecular formula is C12H18N2O. The minimum atomic E-state index is 0.0342. The van der Waals surface area contributed by atoms with Gasteiger partial charge in [0.2, 0.25) is 5.91 Å². The highest BCUT2D eigenvalue weighted by molar-refractivity contribution is 5.94. The first-order valence-corrected chi connectivity index (χ1v) is 5.68. The van der Waals surface area contributed by atoms with Crippen LogP contribution >= 0.6 is 0 Å². The average Bonchev–Trinajstić information content (AvgIpc) is 2.46. The second-order valence-electron chi connectivity index (χ2n) is 4.87. The normalized spacial score (nSPS) is 30.5. The Hall–Kier alpha value is -1.12. The smallest absolute Gasteiger partial charge is 0.240 e. The molecule has 0 aromatic carbocycles. The lowest BCUT2D eigenvalue weighted by Gasteiger charge is -2.31. The number of hydrazone groups is 1. The van der Waals surface area contributed by atoms with Crippen LogP contribution in [0.4, 0.5) is 0 Å². The summed E-state index contributed by atoms with van der Waals surface area (Å²) in [4.78, 5) is 11.4. The predicted octanol–water partition coefficient (Wildman–Crippen LogP) is 2.10. The minimum Gasteiger partial charge on any atom is -0.273 e. The molecule has 2 aliphatic carbocycles. The maximum Gasteiger partial charge on any atom is 0.240 e. The Morgan fingerprint density at radius 3 is 3.13 bits per heavy atom. The van der Waals surface area contributed by atoms with Gasteiger partial charge in [-0.1, -0.05) is 26.0 Å². The molecule has 2 rings (SSSR count). The van der Waals surface area contributed by atoms with E-state index in [0.29, 0.717) is 24.2 Å². The summed E-state index contributed by atoms with van der Waals surface area (Å²) >= 11 is 0. The zero-order valence-electron chi connectivity index (χ0n) is 9.36. The zero-order valence-corrected chi connectivity index (χ0v) is 9.36. The minimum absolute atomic E-state index is 0.0342. The number of nitrogens with one attached hydrogen (secondary N) is 1. The second-order valence-corrected chi connectivity index (χ2v) is 4.87. The van der Waals surface area contributed by atoms with E-state index in [4.69, 9.17) is 0 Å². The molecule has 15 heavy (non-hydrogen) atoms. The van der Waals surface area contributed by atoms with Crippen LogP contribution in [0.5, 0.6) is 0 Å². The number of carbonyl (C=O) groups excluding carboxylic acids is 1. The van der Waals surface area contributed by atoms with Crippen LogP contribution in [-0.4, -0.2) is 11.6 Å². The number of rotatable bonds is 3. The molecule has 3 nitrogen and oxygen atoms in total. The van der Waals surface area contributed by atoms with E-state index in [9.17, 15) is 4.79 Å². The van der Waals surface area contributed by atoms with Gasteiger partial charge in [-0.2, -0.15) is 5.10 Å². The van der Waals surface area contributed by atoms with Gasteiger partial charge in [-0.25, -0.2) is 5.43 Å². The summed E-state index contributed by atoms with van der Waals surface area (Å²) in [5.74, 6) is 1.72. The fourth-order valence-electron chi connectivity index (χ4n) is 2.21. The van der Waals surface area contributed by atoms with Crippen molar-refractivity contribution in [3.63, 3.8) is 0 Å². The fourth-order valence-corrected chi connectivity index (χ4v) is 2.21. The van der Waals surface area contributed by atoms with E-state index in [1.54, 1.807) is 0 Å². The first-order valence-electron chi connectivity index (χ1n) is 5.68. The van der Waals surface area contributed by atoms with Gasteiger partial charge in [-0.3, -0.25) is 4.79 Å². The molecule has 82 valence electrons. The van der Waals surface area contributed by atoms with Gasteiger partial charge < -0.3 is 0 Å². The van der Waals surface area contributed by atoms with Gasteiger partial charge >= 0.3 is 0 Å². The Balaban J connectivity index is 1.78. The summed E-state index contributed by atoms with van der Waals surface area (Å²) in [5, 5.41) is 4.20. The molecule has 0 aromatic heterocycles. The molecule has 0 aliphatic heterocycles. The highest BCUT2D eigenvalue weighted by Crippen LogP contribution is 2.39. The van der Waals surface area contributed by atoms with Gasteiger partial charge in [0.25, 0.3) is 0 Å². The van der Waals surface area contributed by atoms with Crippen LogP contribution in [0.15, 0.2) is 17.3 Å². The number of carbonyl (C=O) groups is 1. The molecule has 0 spiro atoms. The molecule has 3 heteroatoms. The van der Waals surface area contributed by atoms with E-state index in [1.807, 2.05) is 13.8 Å². The van der Waals surface area contributed by atoms with Gasteiger partial charge in [0.05, 0.1) is 0 Å². The van der Waals surface area contributed by atoms with E-state index in [0.717, 1.165) is 12.8 Å². The quantitative estimate of drug-likeness (QED) is 0.557. The van der Waals surface area contributed by atoms with Gasteiger partial charge in [-0.15, -0.1) is 0 Å². The molecule has 2 aliphatic rings. The third kappa shape index (κ3) is 2.28. The zero-order chi connectivity index (χ0) is 10.8. The van der Waals surface area contributed by atoms with E-state index < -0.39 is 0 Å². The van der Waals surface area contributed by atoms with Gasteiger partial charge in [-0.05, 0) is 24.7 Å². The number of allylic oxidation sites excluding steroid dienone is 2. The molecule has 0 radical (unpaired) electrons. The monoisotopic (exact) mass is 206 g/mol. The molecule has 2 atom stereocenters. The van der Waals surface area contributed by atoms with Crippen LogP contribution in [0.25, 0.3) is 0 Å². The first kappa shape index (κ1) is 10.4. The van der Waals surface area contributed by atoms with Crippen LogP contribution in [0.1, 0.15) is 33.1 Å². The molecule has 0 heterocycles. The molecule has 1 saturated carbocycles. The van der Waals surface area contributed by atoms with Crippen molar-refractivity contribution >= 4 is 11.6 Å². The standard InChI is InChI=1S/C12H18N2O/c1-8(2)6-12(15)14-13-11-7-9-4-3-5-10(9)11/h3-4,8-10H,5-7H2,1-2H3,(H,14,15)/b13-11+/t9-,10+/m1/s1. The molecule has 0 bridgehead atoms. The number of amides is 1. The van der Waals surface area contributed by atoms with Crippen LogP contribution in [0.3, 0.4) is 0 Å². The Kier molecular flexibility index (Phi) is 2.89. The van der Waals surface area contributed by atoms with Crippen molar-refractivity contribution < 1.29 is 4.79 Å². The summed E-state index contributed by atoms with van der Waals surface area (Å²) in [6, 6.07) is 0. The van der Waals surface area contributed by atoms with Crippen molar-refractivity contribution in [2.75, 3.05) is 0 Å². The van der Waals surface area contributed by atoms with Crippen LogP contribution in [0.2, 0.25) is 0 Å². The van der Waals surface area contributed by atoms with Gasteiger partial charge in [0.1, 0.15) is 0 Å². The lowest BCUT2D eigenvalue weighted by molar-refractivity contribution is -0.121. The number of hydrogen-bond donors (Lipinski definition) is 1. The lowest BCUT2D eigenvalue weighted by atomic mass is 9.74. The Morgan fingerprint density at radius 1 is 1.67 bits per heavy atom. The SMILES string of the molecule is CC(C)CC(=O)N/N=C1\C[C@H]2C=CC[C@H]12. The molecule has 1 amide bonds. The predicted molar refractivity (Wildman–Crippen MR) is 60.4 cm³/mol. The maximum absolute atomic E-state index is 11.4. The van der Waals surface area contributed by atoms with Crippen molar-refractivity contribution in [2.24, 2.45) is 22.9 Å². The van der Waals surface area contributed by atoms with Crippen molar-refractivity contribution in [3.8, 4) is 0 Å². The van der Waals surface area contributed by atoms with E-state index in [1.165, 1.54) is 5.71 Å². The highest BCUT2D eigenvalue weighted by atomic mass is 16.2. The van der Waals surface area contributed by atoms with Crippen molar-refractivity contribution in [3.05, 3.63) is 12.2 Å². The van der Waals surface area contributed by atoms with E-state index in [2.05, 4.69) is 22.7 Å². The Labute approximate surface area is 90.6 Å². The van der Waals surface area contributed by atoms with E-state index >= 15 is 0 Å². The third-order valence-electron chi connectivity index (χ3n) is 3.08. The number of fused-ring (bicyclic) bond motifs is 1. The summed E-state index contributed by atoms with van der Waals surface area (Å²) < 4.78 is 0. The number of hydrogen-bond acceptors (Lipinski definition) is 2. The molecular weight excluding hydrogens is 188 g/mol. The summed E-state index contributed by atoms with van der Waals surface area (Å²) in [7, 11) is 0. The molecule has 0 unspecified atom stereocenters. The van der Waals surface area contributed by atoms with Crippen molar-refractivity contribution in [2.45, 2.75) is 33.1 Å². The topological polar surface area (TPSA) is 41.5 Å². The summed E-state index contributed by atoms with van der Waals surface area (Å²) in [6.45, 7) is 4.07. The summed E-state index contributed by atoms with van der Waals surface area (Å²) in [5.41, 5.74) is 3.82. The number of nitrogens with zero attached hydrogens (tertiary/aromatic N) is 1. The Morgan fingerprint density at radius 2 is 2.47 bits per heavy atom. The second kappa shape index (κ2) is 4.17. The summed E-state index contributed by atoms with van der Waals surface area (Å²) in [6.07, 6.45) is 7.17.